The van der Waals surface area contributed by atoms with Crippen molar-refractivity contribution >= 4 is 10.8 Å². The summed E-state index contributed by atoms with van der Waals surface area (Å²) in [5, 5.41) is 0.332. The summed E-state index contributed by atoms with van der Waals surface area (Å²) in [6.45, 7) is 2.10. The summed E-state index contributed by atoms with van der Waals surface area (Å²) in [6.07, 6.45) is 3.92. The Bertz CT molecular complexity index is 1400. The fourth-order valence-corrected chi connectivity index (χ4v) is 3.88. The van der Waals surface area contributed by atoms with Gasteiger partial charge in [0.25, 0.3) is 0 Å². The predicted octanol–water partition coefficient (Wildman–Crippen LogP) is 8.33. The van der Waals surface area contributed by atoms with Crippen LogP contribution in [0.4, 0.5) is 22.0 Å². The van der Waals surface area contributed by atoms with Crippen molar-refractivity contribution in [3.05, 3.63) is 106 Å². The van der Waals surface area contributed by atoms with Crippen LogP contribution in [0, 0.1) is 40.9 Å². The largest absolute Gasteiger partial charge is 0.206 e. The molecule has 0 bridgehead atoms. The smallest absolute Gasteiger partial charge is 0.166 e. The van der Waals surface area contributed by atoms with Crippen molar-refractivity contribution in [2.75, 3.05) is 0 Å². The van der Waals surface area contributed by atoms with Crippen LogP contribution < -0.4 is 0 Å². The summed E-state index contributed by atoms with van der Waals surface area (Å²) in [6, 6.07) is 13.3. The van der Waals surface area contributed by atoms with Gasteiger partial charge in [-0.2, -0.15) is 0 Å². The van der Waals surface area contributed by atoms with Gasteiger partial charge in [0.2, 0.25) is 0 Å². The number of halogens is 5. The molecular weight excluding hydrogens is 443 g/mol. The molecule has 4 aromatic carbocycles. The van der Waals surface area contributed by atoms with Gasteiger partial charge in [0.05, 0.1) is 11.1 Å². The first kappa shape index (κ1) is 23.5. The van der Waals surface area contributed by atoms with Gasteiger partial charge in [0, 0.05) is 10.9 Å². The minimum atomic E-state index is -1.02. The van der Waals surface area contributed by atoms with Gasteiger partial charge in [-0.15, -0.1) is 0 Å². The van der Waals surface area contributed by atoms with E-state index in [2.05, 4.69) is 18.8 Å². The SMILES string of the molecule is CCCCCc1ccc(C#Cc2cc(F)c(-c3ccc4c(F)c(F)ccc4c3)c(F)c2)c(F)c1. The van der Waals surface area contributed by atoms with Crippen LogP contribution in [0.1, 0.15) is 42.9 Å². The van der Waals surface area contributed by atoms with Gasteiger partial charge in [-0.05, 0) is 65.8 Å². The third-order valence-electron chi connectivity index (χ3n) is 5.68. The molecule has 0 nitrogen and oxygen atoms in total. The van der Waals surface area contributed by atoms with Crippen LogP contribution in [0.25, 0.3) is 21.9 Å². The Balaban J connectivity index is 1.62. The maximum Gasteiger partial charge on any atom is 0.166 e. The number of benzene rings is 4. The van der Waals surface area contributed by atoms with E-state index in [9.17, 15) is 22.0 Å². The standard InChI is InChI=1S/C29H21F5/c1-2-3-4-5-18-6-8-20(25(31)14-18)9-7-19-15-26(32)28(27(33)16-19)22-10-12-23-21(17-22)11-13-24(30)29(23)34/h6,8,10-17H,2-5H2,1H3. The number of fused-ring (bicyclic) bond motifs is 1. The number of rotatable bonds is 5. The number of aryl methyl sites for hydroxylation is 1. The van der Waals surface area contributed by atoms with Crippen LogP contribution in [0.2, 0.25) is 0 Å². The van der Waals surface area contributed by atoms with Crippen LogP contribution >= 0.6 is 0 Å². The van der Waals surface area contributed by atoms with E-state index >= 15 is 0 Å². The number of hydrogen-bond donors (Lipinski definition) is 0. The number of hydrogen-bond acceptors (Lipinski definition) is 0. The van der Waals surface area contributed by atoms with Crippen molar-refractivity contribution in [3.63, 3.8) is 0 Å². The van der Waals surface area contributed by atoms with Crippen LogP contribution in [0.15, 0.2) is 60.7 Å². The summed E-state index contributed by atoms with van der Waals surface area (Å²) >= 11 is 0. The van der Waals surface area contributed by atoms with Crippen molar-refractivity contribution in [2.24, 2.45) is 0 Å². The second-order valence-electron chi connectivity index (χ2n) is 8.13. The van der Waals surface area contributed by atoms with Crippen molar-refractivity contribution in [2.45, 2.75) is 32.6 Å². The van der Waals surface area contributed by atoms with Gasteiger partial charge in [0.15, 0.2) is 11.6 Å². The number of unbranched alkanes of at least 4 members (excludes halogenated alkanes) is 2. The molecule has 0 heterocycles. The summed E-state index contributed by atoms with van der Waals surface area (Å²) in [4.78, 5) is 0. The molecule has 172 valence electrons. The van der Waals surface area contributed by atoms with Gasteiger partial charge in [0.1, 0.15) is 17.5 Å². The van der Waals surface area contributed by atoms with E-state index in [0.29, 0.717) is 5.39 Å². The minimum absolute atomic E-state index is 0.0189. The molecule has 0 N–H and O–H groups in total. The third-order valence-corrected chi connectivity index (χ3v) is 5.68. The van der Waals surface area contributed by atoms with E-state index in [4.69, 9.17) is 0 Å². The molecule has 4 aromatic rings. The lowest BCUT2D eigenvalue weighted by atomic mass is 9.98. The molecule has 0 unspecified atom stereocenters. The highest BCUT2D eigenvalue weighted by Crippen LogP contribution is 2.31. The average Bonchev–Trinajstić information content (AvgIpc) is 2.81. The Morgan fingerprint density at radius 2 is 1.44 bits per heavy atom. The molecule has 0 spiro atoms. The molecule has 0 aliphatic carbocycles. The molecule has 0 radical (unpaired) electrons. The lowest BCUT2D eigenvalue weighted by Gasteiger charge is -2.08. The monoisotopic (exact) mass is 464 g/mol. The summed E-state index contributed by atoms with van der Waals surface area (Å²) in [5.74, 6) is 1.04. The first-order valence-electron chi connectivity index (χ1n) is 11.0. The van der Waals surface area contributed by atoms with Crippen molar-refractivity contribution in [1.29, 1.82) is 0 Å². The van der Waals surface area contributed by atoms with Crippen molar-refractivity contribution in [3.8, 4) is 23.0 Å². The molecule has 0 amide bonds. The zero-order chi connectivity index (χ0) is 24.2. The average molecular weight is 464 g/mol. The molecular formula is C29H21F5. The minimum Gasteiger partial charge on any atom is -0.206 e. The fourth-order valence-electron chi connectivity index (χ4n) is 3.88. The highest BCUT2D eigenvalue weighted by molar-refractivity contribution is 5.88. The molecule has 0 aromatic heterocycles. The zero-order valence-corrected chi connectivity index (χ0v) is 18.5. The maximum atomic E-state index is 14.8. The van der Waals surface area contributed by atoms with E-state index < -0.39 is 29.1 Å². The first-order valence-corrected chi connectivity index (χ1v) is 11.0. The summed E-state index contributed by atoms with van der Waals surface area (Å²) in [7, 11) is 0. The predicted molar refractivity (Wildman–Crippen MR) is 125 cm³/mol. The quantitative estimate of drug-likeness (QED) is 0.158. The Morgan fingerprint density at radius 3 is 2.15 bits per heavy atom. The highest BCUT2D eigenvalue weighted by atomic mass is 19.2. The molecule has 4 rings (SSSR count). The van der Waals surface area contributed by atoms with E-state index in [-0.39, 0.29) is 27.6 Å². The topological polar surface area (TPSA) is 0 Å². The lowest BCUT2D eigenvalue weighted by Crippen LogP contribution is -1.94. The normalized spacial score (nSPS) is 10.9. The van der Waals surface area contributed by atoms with Crippen molar-refractivity contribution in [1.82, 2.24) is 0 Å². The van der Waals surface area contributed by atoms with Crippen LogP contribution in [0.3, 0.4) is 0 Å². The first-order chi connectivity index (χ1) is 16.4. The van der Waals surface area contributed by atoms with Gasteiger partial charge in [-0.1, -0.05) is 55.9 Å². The van der Waals surface area contributed by atoms with Crippen LogP contribution in [-0.2, 0) is 6.42 Å². The molecule has 0 atom stereocenters. The molecule has 0 saturated heterocycles. The van der Waals surface area contributed by atoms with Gasteiger partial charge < -0.3 is 0 Å². The van der Waals surface area contributed by atoms with Crippen LogP contribution in [-0.4, -0.2) is 0 Å². The molecule has 34 heavy (non-hydrogen) atoms. The van der Waals surface area contributed by atoms with E-state index in [1.54, 1.807) is 12.1 Å². The maximum absolute atomic E-state index is 14.8. The molecule has 0 aliphatic rings. The second-order valence-corrected chi connectivity index (χ2v) is 8.13. The third kappa shape index (κ3) is 4.97. The summed E-state index contributed by atoms with van der Waals surface area (Å²) in [5.41, 5.74) is 0.959. The molecule has 5 heteroatoms. The Kier molecular flexibility index (Phi) is 6.98. The summed E-state index contributed by atoms with van der Waals surface area (Å²) < 4.78 is 71.4. The lowest BCUT2D eigenvalue weighted by molar-refractivity contribution is 0.517. The van der Waals surface area contributed by atoms with Crippen LogP contribution in [0.5, 0.6) is 0 Å². The van der Waals surface area contributed by atoms with E-state index in [0.717, 1.165) is 49.4 Å². The fraction of sp³-hybridized carbons (Fsp3) is 0.172. The van der Waals surface area contributed by atoms with Gasteiger partial charge >= 0.3 is 0 Å². The van der Waals surface area contributed by atoms with Gasteiger partial charge in [-0.3, -0.25) is 0 Å². The van der Waals surface area contributed by atoms with E-state index in [1.165, 1.54) is 30.3 Å². The molecule has 0 saturated carbocycles. The zero-order valence-electron chi connectivity index (χ0n) is 18.5. The highest BCUT2D eigenvalue weighted by Gasteiger charge is 2.15. The van der Waals surface area contributed by atoms with E-state index in [1.807, 2.05) is 0 Å². The Hall–Kier alpha value is -3.65. The van der Waals surface area contributed by atoms with Gasteiger partial charge in [-0.25, -0.2) is 22.0 Å². The molecule has 0 fully saturated rings. The second kappa shape index (κ2) is 10.1. The Morgan fingerprint density at radius 1 is 0.676 bits per heavy atom. The van der Waals surface area contributed by atoms with Crippen molar-refractivity contribution < 1.29 is 22.0 Å². The Labute approximate surface area is 195 Å². The molecule has 0 aliphatic heterocycles.